The average Bonchev–Trinajstić information content (AvgIpc) is 2.71. The second-order valence-corrected chi connectivity index (χ2v) is 6.86. The Balaban J connectivity index is 1.78. The lowest BCUT2D eigenvalue weighted by molar-refractivity contribution is -0.283. The van der Waals surface area contributed by atoms with Crippen LogP contribution in [0.4, 0.5) is 0 Å². The van der Waals surface area contributed by atoms with Crippen molar-refractivity contribution in [2.45, 2.75) is 43.5 Å². The molecule has 3 rings (SSSR count). The largest absolute Gasteiger partial charge is 0.497 e. The minimum atomic E-state index is -1.91. The number of aliphatic hydroxyl groups excluding tert-OH is 3. The van der Waals surface area contributed by atoms with E-state index >= 15 is 0 Å². The number of benzene rings is 2. The first-order chi connectivity index (χ1) is 13.7. The summed E-state index contributed by atoms with van der Waals surface area (Å²) >= 11 is 0. The maximum atomic E-state index is 12.6. The zero-order valence-corrected chi connectivity index (χ0v) is 15.8. The maximum Gasteiger partial charge on any atom is 0.335 e. The summed E-state index contributed by atoms with van der Waals surface area (Å²) in [5, 5.41) is 40.6. The summed E-state index contributed by atoms with van der Waals surface area (Å²) in [5.74, 6) is -2.42. The molecule has 1 aliphatic heterocycles. The van der Waals surface area contributed by atoms with Gasteiger partial charge in [-0.05, 0) is 35.4 Å². The minimum absolute atomic E-state index is 0.624. The summed E-state index contributed by atoms with van der Waals surface area (Å²) in [6.07, 6.45) is -9.04. The van der Waals surface area contributed by atoms with Crippen LogP contribution in [-0.4, -0.2) is 70.2 Å². The molecule has 9 nitrogen and oxygen atoms in total. The molecule has 9 heteroatoms. The van der Waals surface area contributed by atoms with Crippen molar-refractivity contribution >= 4 is 22.7 Å². The molecule has 29 heavy (non-hydrogen) atoms. The van der Waals surface area contributed by atoms with Gasteiger partial charge in [0.15, 0.2) is 18.5 Å². The van der Waals surface area contributed by atoms with Gasteiger partial charge in [0, 0.05) is 0 Å². The summed E-state index contributed by atoms with van der Waals surface area (Å²) in [7, 11) is 1.57. The second-order valence-electron chi connectivity index (χ2n) is 6.86. The molecule has 1 saturated heterocycles. The predicted molar refractivity (Wildman–Crippen MR) is 99.3 cm³/mol. The Morgan fingerprint density at radius 3 is 2.34 bits per heavy atom. The van der Waals surface area contributed by atoms with E-state index in [1.165, 1.54) is 0 Å². The molecule has 0 aromatic heterocycles. The number of carboxylic acid groups (broad SMARTS) is 1. The van der Waals surface area contributed by atoms with Gasteiger partial charge in [0.25, 0.3) is 0 Å². The highest BCUT2D eigenvalue weighted by atomic mass is 16.7. The number of hydrogen-bond donors (Lipinski definition) is 4. The number of carbonyl (C=O) groups is 2. The van der Waals surface area contributed by atoms with Crippen LogP contribution in [0.15, 0.2) is 36.4 Å². The maximum absolute atomic E-state index is 12.6. The number of carboxylic acids is 1. The molecular formula is C20H22O9. The first-order valence-corrected chi connectivity index (χ1v) is 8.93. The highest BCUT2D eigenvalue weighted by Crippen LogP contribution is 2.28. The van der Waals surface area contributed by atoms with Crippen molar-refractivity contribution in [1.82, 2.24) is 0 Å². The third-order valence-electron chi connectivity index (χ3n) is 4.98. The van der Waals surface area contributed by atoms with Crippen LogP contribution in [-0.2, 0) is 19.1 Å². The normalized spacial score (nSPS) is 28.0. The zero-order chi connectivity index (χ0) is 21.3. The number of aliphatic hydroxyl groups is 3. The molecule has 1 unspecified atom stereocenters. The fourth-order valence-corrected chi connectivity index (χ4v) is 3.20. The van der Waals surface area contributed by atoms with E-state index in [2.05, 4.69) is 4.74 Å². The standard InChI is InChI=1S/C20H22O9/c1-9(10-3-4-12-8-13(27-2)6-5-11(12)7-10)19(25)28-16-14(21)17(18(23)24)29-20(26)15(16)22/h3-9,14-17,20-22,26H,1-2H3,(H,23,24)/t9-,14-,15+,16-,17-,20?/m0/s1. The third-order valence-corrected chi connectivity index (χ3v) is 4.98. The quantitative estimate of drug-likeness (QED) is 0.518. The number of carbonyl (C=O) groups excluding carboxylic acids is 1. The van der Waals surface area contributed by atoms with Gasteiger partial charge in [-0.2, -0.15) is 0 Å². The van der Waals surface area contributed by atoms with Crippen LogP contribution in [0.1, 0.15) is 18.4 Å². The van der Waals surface area contributed by atoms with Crippen LogP contribution in [0.2, 0.25) is 0 Å². The smallest absolute Gasteiger partial charge is 0.335 e. The lowest BCUT2D eigenvalue weighted by Gasteiger charge is -2.38. The highest BCUT2D eigenvalue weighted by Gasteiger charge is 2.49. The molecule has 2 aromatic rings. The molecular weight excluding hydrogens is 384 g/mol. The molecule has 0 radical (unpaired) electrons. The van der Waals surface area contributed by atoms with Crippen LogP contribution >= 0.6 is 0 Å². The van der Waals surface area contributed by atoms with E-state index in [0.717, 1.165) is 10.8 Å². The summed E-state index contributed by atoms with van der Waals surface area (Å²) in [5.41, 5.74) is 0.624. The molecule has 156 valence electrons. The van der Waals surface area contributed by atoms with Crippen molar-refractivity contribution in [3.8, 4) is 5.75 Å². The Hall–Kier alpha value is -2.72. The average molecular weight is 406 g/mol. The summed E-state index contributed by atoms with van der Waals surface area (Å²) in [6, 6.07) is 10.8. The van der Waals surface area contributed by atoms with Crippen molar-refractivity contribution in [3.05, 3.63) is 42.0 Å². The Labute approximate surface area is 166 Å². The lowest BCUT2D eigenvalue weighted by atomic mass is 9.96. The number of rotatable bonds is 5. The van der Waals surface area contributed by atoms with Crippen molar-refractivity contribution in [1.29, 1.82) is 0 Å². The first kappa shape index (κ1) is 21.0. The summed E-state index contributed by atoms with van der Waals surface area (Å²) < 4.78 is 15.0. The molecule has 1 fully saturated rings. The van der Waals surface area contributed by atoms with Gasteiger partial charge in [-0.25, -0.2) is 4.79 Å². The molecule has 1 aliphatic rings. The van der Waals surface area contributed by atoms with Crippen LogP contribution in [0, 0.1) is 0 Å². The van der Waals surface area contributed by atoms with Gasteiger partial charge in [-0.15, -0.1) is 0 Å². The topological polar surface area (TPSA) is 143 Å². The van der Waals surface area contributed by atoms with Gasteiger partial charge in [0.2, 0.25) is 0 Å². The monoisotopic (exact) mass is 406 g/mol. The number of aliphatic carboxylic acids is 1. The van der Waals surface area contributed by atoms with Crippen LogP contribution in [0.25, 0.3) is 10.8 Å². The van der Waals surface area contributed by atoms with Gasteiger partial charge in [-0.1, -0.05) is 24.3 Å². The molecule has 0 spiro atoms. The van der Waals surface area contributed by atoms with Gasteiger partial charge in [0.1, 0.15) is 18.0 Å². The lowest BCUT2D eigenvalue weighted by Crippen LogP contribution is -2.61. The Morgan fingerprint density at radius 1 is 1.03 bits per heavy atom. The van der Waals surface area contributed by atoms with Crippen LogP contribution in [0.5, 0.6) is 5.75 Å². The van der Waals surface area contributed by atoms with E-state index in [0.29, 0.717) is 11.3 Å². The molecule has 0 bridgehead atoms. The Kier molecular flexibility index (Phi) is 6.04. The second kappa shape index (κ2) is 8.34. The molecule has 0 aliphatic carbocycles. The van der Waals surface area contributed by atoms with Gasteiger partial charge < -0.3 is 34.6 Å². The number of ether oxygens (including phenoxy) is 3. The van der Waals surface area contributed by atoms with E-state index in [1.807, 2.05) is 18.2 Å². The van der Waals surface area contributed by atoms with E-state index in [4.69, 9.17) is 14.6 Å². The van der Waals surface area contributed by atoms with Crippen LogP contribution < -0.4 is 4.74 Å². The number of esters is 1. The zero-order valence-electron chi connectivity index (χ0n) is 15.8. The Bertz CT molecular complexity index is 912. The van der Waals surface area contributed by atoms with E-state index in [9.17, 15) is 24.9 Å². The SMILES string of the molecule is COc1ccc2cc([C@H](C)C(=O)O[C@H]3[C@H](O)[C@@H](C(=O)O)OC(O)[C@@H]3O)ccc2c1. The molecule has 1 heterocycles. The fourth-order valence-electron chi connectivity index (χ4n) is 3.20. The van der Waals surface area contributed by atoms with Crippen molar-refractivity contribution in [3.63, 3.8) is 0 Å². The van der Waals surface area contributed by atoms with Gasteiger partial charge in [0.05, 0.1) is 13.0 Å². The first-order valence-electron chi connectivity index (χ1n) is 8.93. The molecule has 0 amide bonds. The summed E-state index contributed by atoms with van der Waals surface area (Å²) in [6.45, 7) is 1.58. The Morgan fingerprint density at radius 2 is 1.69 bits per heavy atom. The minimum Gasteiger partial charge on any atom is -0.497 e. The van der Waals surface area contributed by atoms with Crippen LogP contribution in [0.3, 0.4) is 0 Å². The highest BCUT2D eigenvalue weighted by molar-refractivity contribution is 5.87. The summed E-state index contributed by atoms with van der Waals surface area (Å²) in [4.78, 5) is 23.7. The number of hydrogen-bond acceptors (Lipinski definition) is 8. The molecule has 4 N–H and O–H groups in total. The fraction of sp³-hybridized carbons (Fsp3) is 0.400. The number of methoxy groups -OCH3 is 1. The number of fused-ring (bicyclic) bond motifs is 1. The molecule has 6 atom stereocenters. The van der Waals surface area contributed by atoms with E-state index < -0.39 is 48.6 Å². The van der Waals surface area contributed by atoms with Crippen molar-refractivity contribution in [2.75, 3.05) is 7.11 Å². The predicted octanol–water partition coefficient (Wildman–Crippen LogP) is 0.387. The van der Waals surface area contributed by atoms with E-state index in [-0.39, 0.29) is 0 Å². The molecule has 2 aromatic carbocycles. The van der Waals surface area contributed by atoms with Crippen molar-refractivity contribution < 1.29 is 44.2 Å². The van der Waals surface area contributed by atoms with Gasteiger partial charge >= 0.3 is 11.9 Å². The van der Waals surface area contributed by atoms with E-state index in [1.54, 1.807) is 32.2 Å². The van der Waals surface area contributed by atoms with Gasteiger partial charge in [-0.3, -0.25) is 4.79 Å². The third kappa shape index (κ3) is 4.18. The molecule has 0 saturated carbocycles. The van der Waals surface area contributed by atoms with Crippen molar-refractivity contribution in [2.24, 2.45) is 0 Å².